The highest BCUT2D eigenvalue weighted by Crippen LogP contribution is 2.46. The Bertz CT molecular complexity index is 862. The van der Waals surface area contributed by atoms with Crippen molar-refractivity contribution < 1.29 is 14.3 Å². The fraction of sp³-hybridized carbons (Fsp3) is 0.480. The minimum atomic E-state index is -0.406. The van der Waals surface area contributed by atoms with E-state index in [2.05, 4.69) is 48.2 Å². The van der Waals surface area contributed by atoms with Crippen LogP contribution in [0.1, 0.15) is 43.7 Å². The number of Topliss-reactive ketones (excluding diaryl/α,β-unsaturated/α-hetero) is 1. The van der Waals surface area contributed by atoms with Crippen LogP contribution in [0.2, 0.25) is 0 Å². The van der Waals surface area contributed by atoms with E-state index in [1.165, 1.54) is 18.4 Å². The van der Waals surface area contributed by atoms with Crippen LogP contribution in [0.15, 0.2) is 48.5 Å². The maximum Gasteiger partial charge on any atom is 0.161 e. The molecule has 4 nitrogen and oxygen atoms in total. The molecule has 154 valence electrons. The van der Waals surface area contributed by atoms with Crippen LogP contribution in [0.5, 0.6) is 11.5 Å². The Morgan fingerprint density at radius 2 is 1.90 bits per heavy atom. The second-order valence-electron chi connectivity index (χ2n) is 8.85. The molecule has 1 heterocycles. The summed E-state index contributed by atoms with van der Waals surface area (Å²) in [5.41, 5.74) is 2.03. The molecular formula is C25H31NO3. The number of likely N-dealkylation sites (tertiary alicyclic amines) is 1. The number of carbonyl (C=O) groups excluding carboxylic acids is 1. The number of rotatable bonds is 8. The van der Waals surface area contributed by atoms with Crippen LogP contribution in [-0.4, -0.2) is 37.5 Å². The summed E-state index contributed by atoms with van der Waals surface area (Å²) in [5.74, 6) is 2.62. The van der Waals surface area contributed by atoms with Gasteiger partial charge in [0, 0.05) is 31.0 Å². The van der Waals surface area contributed by atoms with Crippen molar-refractivity contribution in [2.24, 2.45) is 11.3 Å². The molecule has 1 saturated heterocycles. The topological polar surface area (TPSA) is 38.8 Å². The van der Waals surface area contributed by atoms with Crippen molar-refractivity contribution in [2.45, 2.75) is 39.2 Å². The normalized spacial score (nSPS) is 24.4. The fourth-order valence-corrected chi connectivity index (χ4v) is 4.41. The number of nitrogens with zero attached hydrogens (tertiary/aromatic N) is 1. The van der Waals surface area contributed by atoms with Crippen LogP contribution < -0.4 is 9.47 Å². The number of ether oxygens (including phenoxy) is 2. The van der Waals surface area contributed by atoms with Crippen LogP contribution in [0.3, 0.4) is 0 Å². The molecule has 4 heteroatoms. The molecule has 1 aliphatic carbocycles. The Hall–Kier alpha value is -2.33. The van der Waals surface area contributed by atoms with Crippen molar-refractivity contribution in [3.05, 3.63) is 59.7 Å². The number of ketones is 1. The zero-order valence-corrected chi connectivity index (χ0v) is 17.7. The lowest BCUT2D eigenvalue weighted by atomic mass is 9.73. The molecule has 1 saturated carbocycles. The number of hydrogen-bond acceptors (Lipinski definition) is 4. The molecule has 2 fully saturated rings. The summed E-state index contributed by atoms with van der Waals surface area (Å²) >= 11 is 0. The molecule has 4 rings (SSSR count). The summed E-state index contributed by atoms with van der Waals surface area (Å²) in [4.78, 5) is 15.1. The number of methoxy groups -OCH3 is 1. The molecule has 2 aromatic carbocycles. The molecular weight excluding hydrogens is 362 g/mol. The first-order valence-corrected chi connectivity index (χ1v) is 10.6. The predicted molar refractivity (Wildman–Crippen MR) is 114 cm³/mol. The monoisotopic (exact) mass is 393 g/mol. The third kappa shape index (κ3) is 4.32. The van der Waals surface area contributed by atoms with E-state index in [9.17, 15) is 4.79 Å². The van der Waals surface area contributed by atoms with Crippen molar-refractivity contribution in [3.63, 3.8) is 0 Å². The van der Waals surface area contributed by atoms with E-state index in [4.69, 9.17) is 9.47 Å². The molecule has 0 aromatic heterocycles. The van der Waals surface area contributed by atoms with Gasteiger partial charge in [0.2, 0.25) is 0 Å². The number of carbonyl (C=O) groups is 1. The molecule has 1 aliphatic heterocycles. The highest BCUT2D eigenvalue weighted by molar-refractivity contribution is 5.84. The SMILES string of the molecule is COc1ccc([C@@H]2CN(Cc3ccccc3)C[C@@]2(C)C(C)=O)cc1OCC1CC1. The first kappa shape index (κ1) is 20.0. The predicted octanol–water partition coefficient (Wildman–Crippen LogP) is 4.68. The Balaban J connectivity index is 1.58. The van der Waals surface area contributed by atoms with Crippen LogP contribution >= 0.6 is 0 Å². The van der Waals surface area contributed by atoms with Gasteiger partial charge in [-0.25, -0.2) is 0 Å². The standard InChI is InChI=1S/C25H31NO3/c1-18(27)25(2)17-26(14-19-7-5-4-6-8-19)15-22(25)21-11-12-23(28-3)24(13-21)29-16-20-9-10-20/h4-8,11-13,20,22H,9-10,14-17H2,1-3H3/t22-,25-/m0/s1. The van der Waals surface area contributed by atoms with Gasteiger partial charge in [-0.1, -0.05) is 43.3 Å². The van der Waals surface area contributed by atoms with Gasteiger partial charge >= 0.3 is 0 Å². The van der Waals surface area contributed by atoms with Crippen molar-refractivity contribution in [2.75, 3.05) is 26.8 Å². The van der Waals surface area contributed by atoms with Gasteiger partial charge < -0.3 is 9.47 Å². The molecule has 0 unspecified atom stereocenters. The Morgan fingerprint density at radius 3 is 2.55 bits per heavy atom. The van der Waals surface area contributed by atoms with Crippen molar-refractivity contribution in [3.8, 4) is 11.5 Å². The van der Waals surface area contributed by atoms with E-state index in [1.807, 2.05) is 12.1 Å². The molecule has 0 amide bonds. The Morgan fingerprint density at radius 1 is 1.14 bits per heavy atom. The molecule has 2 atom stereocenters. The van der Waals surface area contributed by atoms with E-state index in [0.29, 0.717) is 5.92 Å². The van der Waals surface area contributed by atoms with Gasteiger partial charge in [-0.05, 0) is 48.9 Å². The highest BCUT2D eigenvalue weighted by atomic mass is 16.5. The minimum Gasteiger partial charge on any atom is -0.493 e. The van der Waals surface area contributed by atoms with Crippen molar-refractivity contribution >= 4 is 5.78 Å². The maximum absolute atomic E-state index is 12.7. The third-order valence-electron chi connectivity index (χ3n) is 6.58. The molecule has 0 radical (unpaired) electrons. The number of hydrogen-bond donors (Lipinski definition) is 0. The van der Waals surface area contributed by atoms with Gasteiger partial charge in [-0.2, -0.15) is 0 Å². The molecule has 0 N–H and O–H groups in total. The molecule has 2 aliphatic rings. The average Bonchev–Trinajstić information content (AvgIpc) is 3.49. The lowest BCUT2D eigenvalue weighted by molar-refractivity contribution is -0.125. The van der Waals surface area contributed by atoms with Crippen molar-refractivity contribution in [1.29, 1.82) is 0 Å². The molecule has 29 heavy (non-hydrogen) atoms. The minimum absolute atomic E-state index is 0.137. The zero-order valence-electron chi connectivity index (χ0n) is 17.7. The van der Waals surface area contributed by atoms with Crippen LogP contribution in [0.4, 0.5) is 0 Å². The van der Waals surface area contributed by atoms with E-state index in [0.717, 1.165) is 43.3 Å². The lowest BCUT2D eigenvalue weighted by Crippen LogP contribution is -2.33. The van der Waals surface area contributed by atoms with Gasteiger partial charge in [0.25, 0.3) is 0 Å². The van der Waals surface area contributed by atoms with E-state index in [-0.39, 0.29) is 11.7 Å². The highest BCUT2D eigenvalue weighted by Gasteiger charge is 2.47. The van der Waals surface area contributed by atoms with E-state index in [1.54, 1.807) is 14.0 Å². The summed E-state index contributed by atoms with van der Waals surface area (Å²) < 4.78 is 11.6. The van der Waals surface area contributed by atoms with E-state index >= 15 is 0 Å². The quantitative estimate of drug-likeness (QED) is 0.653. The van der Waals surface area contributed by atoms with Gasteiger partial charge in [-0.3, -0.25) is 9.69 Å². The first-order chi connectivity index (χ1) is 14.0. The van der Waals surface area contributed by atoms with Crippen LogP contribution in [0, 0.1) is 11.3 Å². The molecule has 0 spiro atoms. The second kappa shape index (κ2) is 8.19. The zero-order chi connectivity index (χ0) is 20.4. The number of benzene rings is 2. The summed E-state index contributed by atoms with van der Waals surface area (Å²) in [7, 11) is 1.68. The van der Waals surface area contributed by atoms with Gasteiger partial charge in [0.1, 0.15) is 5.78 Å². The Kier molecular flexibility index (Phi) is 5.64. The largest absolute Gasteiger partial charge is 0.493 e. The van der Waals surface area contributed by atoms with Gasteiger partial charge in [0.15, 0.2) is 11.5 Å². The summed E-state index contributed by atoms with van der Waals surface area (Å²) in [5, 5.41) is 0. The average molecular weight is 394 g/mol. The first-order valence-electron chi connectivity index (χ1n) is 10.6. The van der Waals surface area contributed by atoms with Gasteiger partial charge in [0.05, 0.1) is 13.7 Å². The van der Waals surface area contributed by atoms with Crippen LogP contribution in [-0.2, 0) is 11.3 Å². The smallest absolute Gasteiger partial charge is 0.161 e. The van der Waals surface area contributed by atoms with Gasteiger partial charge in [-0.15, -0.1) is 0 Å². The summed E-state index contributed by atoms with van der Waals surface area (Å²) in [6, 6.07) is 16.7. The Labute approximate surface area is 173 Å². The third-order valence-corrected chi connectivity index (χ3v) is 6.58. The molecule has 2 aromatic rings. The fourth-order valence-electron chi connectivity index (χ4n) is 4.41. The molecule has 0 bridgehead atoms. The van der Waals surface area contributed by atoms with E-state index < -0.39 is 5.41 Å². The second-order valence-corrected chi connectivity index (χ2v) is 8.85. The van der Waals surface area contributed by atoms with Crippen LogP contribution in [0.25, 0.3) is 0 Å². The lowest BCUT2D eigenvalue weighted by Gasteiger charge is -2.28. The summed E-state index contributed by atoms with van der Waals surface area (Å²) in [6.45, 7) is 7.08. The summed E-state index contributed by atoms with van der Waals surface area (Å²) in [6.07, 6.45) is 2.50. The van der Waals surface area contributed by atoms with Crippen molar-refractivity contribution in [1.82, 2.24) is 4.90 Å². The maximum atomic E-state index is 12.7.